The summed E-state index contributed by atoms with van der Waals surface area (Å²) in [6.07, 6.45) is 1.26. The smallest absolute Gasteiger partial charge is 0.408 e. The number of carbonyl (C=O) groups is 2. The maximum atomic E-state index is 13.1. The summed E-state index contributed by atoms with van der Waals surface area (Å²) in [5.41, 5.74) is 1.84. The molecule has 168 valence electrons. The summed E-state index contributed by atoms with van der Waals surface area (Å²) in [7, 11) is 0. The lowest BCUT2D eigenvalue weighted by Crippen LogP contribution is -2.47. The molecule has 32 heavy (non-hydrogen) atoms. The zero-order valence-corrected chi connectivity index (χ0v) is 18.4. The number of hydrogen-bond donors (Lipinski definition) is 3. The summed E-state index contributed by atoms with van der Waals surface area (Å²) in [5, 5.41) is 17.4. The summed E-state index contributed by atoms with van der Waals surface area (Å²) in [6, 6.07) is 10.9. The van der Waals surface area contributed by atoms with Gasteiger partial charge < -0.3 is 20.4 Å². The Morgan fingerprint density at radius 1 is 1.19 bits per heavy atom. The summed E-state index contributed by atoms with van der Waals surface area (Å²) in [5.74, 6) is -0.510. The Kier molecular flexibility index (Phi) is 6.47. The molecule has 0 fully saturated rings. The van der Waals surface area contributed by atoms with Crippen LogP contribution in [-0.4, -0.2) is 33.6 Å². The van der Waals surface area contributed by atoms with E-state index in [1.165, 1.54) is 12.1 Å². The van der Waals surface area contributed by atoms with Crippen LogP contribution < -0.4 is 10.6 Å². The number of non-ortho nitro benzene ring substituents is 1. The topological polar surface area (TPSA) is 126 Å². The molecule has 0 saturated carbocycles. The van der Waals surface area contributed by atoms with Gasteiger partial charge >= 0.3 is 6.09 Å². The number of nitrogens with one attached hydrogen (secondary N) is 3. The van der Waals surface area contributed by atoms with Gasteiger partial charge in [-0.25, -0.2) is 4.79 Å². The van der Waals surface area contributed by atoms with Crippen LogP contribution >= 0.6 is 0 Å². The van der Waals surface area contributed by atoms with E-state index >= 15 is 0 Å². The maximum absolute atomic E-state index is 13.1. The predicted molar refractivity (Wildman–Crippen MR) is 122 cm³/mol. The first kappa shape index (κ1) is 22.8. The van der Waals surface area contributed by atoms with Crippen LogP contribution in [-0.2, 0) is 16.0 Å². The fourth-order valence-electron chi connectivity index (χ4n) is 3.26. The Labute approximate surface area is 185 Å². The molecule has 0 radical (unpaired) electrons. The number of nitrogens with zero attached hydrogens (tertiary/aromatic N) is 1. The van der Waals surface area contributed by atoms with E-state index in [0.717, 1.165) is 16.5 Å². The van der Waals surface area contributed by atoms with Gasteiger partial charge in [0.25, 0.3) is 5.69 Å². The molecule has 0 aliphatic rings. The molecule has 1 atom stereocenters. The first-order valence-electron chi connectivity index (χ1n) is 10.1. The first-order chi connectivity index (χ1) is 15.0. The Morgan fingerprint density at radius 3 is 2.59 bits per heavy atom. The third-order valence-electron chi connectivity index (χ3n) is 4.80. The van der Waals surface area contributed by atoms with E-state index in [0.29, 0.717) is 11.3 Å². The van der Waals surface area contributed by atoms with E-state index in [1.807, 2.05) is 24.3 Å². The maximum Gasteiger partial charge on any atom is 0.408 e. The highest BCUT2D eigenvalue weighted by Crippen LogP contribution is 2.23. The second kappa shape index (κ2) is 9.09. The number of aromatic nitrogens is 1. The minimum Gasteiger partial charge on any atom is -0.444 e. The van der Waals surface area contributed by atoms with Crippen LogP contribution in [0.15, 0.2) is 48.7 Å². The van der Waals surface area contributed by atoms with Gasteiger partial charge in [-0.2, -0.15) is 0 Å². The molecule has 0 saturated heterocycles. The molecule has 2 amide bonds. The van der Waals surface area contributed by atoms with Gasteiger partial charge in [0, 0.05) is 35.7 Å². The average molecular weight is 438 g/mol. The first-order valence-corrected chi connectivity index (χ1v) is 10.1. The molecule has 9 heteroatoms. The molecule has 3 rings (SSSR count). The number of aromatic amines is 1. The highest BCUT2D eigenvalue weighted by atomic mass is 16.6. The number of carbonyl (C=O) groups excluding carboxylic acids is 2. The number of ether oxygens (including phenoxy) is 1. The van der Waals surface area contributed by atoms with Crippen molar-refractivity contribution in [3.05, 3.63) is 69.9 Å². The lowest BCUT2D eigenvalue weighted by Gasteiger charge is -2.23. The SMILES string of the molecule is Cc1ccc([N+](=O)[O-])cc1NC(=O)[C@@H](Cc1c[nH]c2ccccc12)NC(=O)OC(C)(C)C. The van der Waals surface area contributed by atoms with Crippen molar-refractivity contribution in [2.24, 2.45) is 0 Å². The number of nitro benzene ring substituents is 1. The van der Waals surface area contributed by atoms with Crippen molar-refractivity contribution in [1.82, 2.24) is 10.3 Å². The van der Waals surface area contributed by atoms with Crippen molar-refractivity contribution in [1.29, 1.82) is 0 Å². The zero-order chi connectivity index (χ0) is 23.5. The van der Waals surface area contributed by atoms with Gasteiger partial charge in [-0.1, -0.05) is 24.3 Å². The number of H-pyrrole nitrogens is 1. The van der Waals surface area contributed by atoms with Gasteiger partial charge in [-0.15, -0.1) is 0 Å². The normalized spacial score (nSPS) is 12.2. The highest BCUT2D eigenvalue weighted by Gasteiger charge is 2.26. The summed E-state index contributed by atoms with van der Waals surface area (Å²) < 4.78 is 5.32. The quantitative estimate of drug-likeness (QED) is 0.387. The van der Waals surface area contributed by atoms with Gasteiger partial charge in [-0.05, 0) is 44.9 Å². The number of alkyl carbamates (subject to hydrolysis) is 1. The number of hydrogen-bond acceptors (Lipinski definition) is 5. The molecule has 1 aromatic heterocycles. The number of amides is 2. The number of para-hydroxylation sites is 1. The van der Waals surface area contributed by atoms with Crippen LogP contribution in [0.5, 0.6) is 0 Å². The van der Waals surface area contributed by atoms with E-state index in [1.54, 1.807) is 40.0 Å². The predicted octanol–water partition coefficient (Wildman–Crippen LogP) is 4.46. The van der Waals surface area contributed by atoms with Gasteiger partial charge in [0.1, 0.15) is 11.6 Å². The molecule has 0 spiro atoms. The lowest BCUT2D eigenvalue weighted by atomic mass is 10.0. The van der Waals surface area contributed by atoms with Crippen LogP contribution in [0.3, 0.4) is 0 Å². The standard InChI is InChI=1S/C23H26N4O5/c1-14-9-10-16(27(30)31)12-19(14)25-21(28)20(26-22(29)32-23(2,3)4)11-15-13-24-18-8-6-5-7-17(15)18/h5-10,12-13,20,24H,11H2,1-4H3,(H,25,28)(H,26,29)/t20-/m1/s1. The highest BCUT2D eigenvalue weighted by molar-refractivity contribution is 5.98. The van der Waals surface area contributed by atoms with Crippen molar-refractivity contribution < 1.29 is 19.2 Å². The number of aryl methyl sites for hydroxylation is 1. The third kappa shape index (κ3) is 5.63. The third-order valence-corrected chi connectivity index (χ3v) is 4.80. The molecular formula is C23H26N4O5. The van der Waals surface area contributed by atoms with Crippen LogP contribution in [0.2, 0.25) is 0 Å². The van der Waals surface area contributed by atoms with Crippen molar-refractivity contribution in [2.75, 3.05) is 5.32 Å². The van der Waals surface area contributed by atoms with Crippen LogP contribution in [0.4, 0.5) is 16.2 Å². The molecule has 2 aromatic carbocycles. The zero-order valence-electron chi connectivity index (χ0n) is 18.4. The lowest BCUT2D eigenvalue weighted by molar-refractivity contribution is -0.384. The summed E-state index contributed by atoms with van der Waals surface area (Å²) in [4.78, 5) is 39.3. The van der Waals surface area contributed by atoms with E-state index < -0.39 is 28.6 Å². The molecule has 3 aromatic rings. The Balaban J connectivity index is 1.87. The van der Waals surface area contributed by atoms with Crippen LogP contribution in [0.25, 0.3) is 10.9 Å². The summed E-state index contributed by atoms with van der Waals surface area (Å²) >= 11 is 0. The van der Waals surface area contributed by atoms with Crippen molar-refractivity contribution in [3.8, 4) is 0 Å². The number of anilines is 1. The largest absolute Gasteiger partial charge is 0.444 e. The second-order valence-electron chi connectivity index (χ2n) is 8.51. The van der Waals surface area contributed by atoms with Crippen LogP contribution in [0, 0.1) is 17.0 Å². The van der Waals surface area contributed by atoms with Gasteiger partial charge in [0.15, 0.2) is 0 Å². The molecule has 1 heterocycles. The second-order valence-corrected chi connectivity index (χ2v) is 8.51. The van der Waals surface area contributed by atoms with E-state index in [4.69, 9.17) is 4.74 Å². The van der Waals surface area contributed by atoms with Crippen molar-refractivity contribution in [3.63, 3.8) is 0 Å². The van der Waals surface area contributed by atoms with Crippen LogP contribution in [0.1, 0.15) is 31.9 Å². The van der Waals surface area contributed by atoms with E-state index in [-0.39, 0.29) is 12.1 Å². The van der Waals surface area contributed by atoms with Gasteiger partial charge in [0.2, 0.25) is 5.91 Å². The molecular weight excluding hydrogens is 412 g/mol. The Bertz CT molecular complexity index is 1160. The Morgan fingerprint density at radius 2 is 1.91 bits per heavy atom. The molecule has 0 aliphatic heterocycles. The van der Waals surface area contributed by atoms with Gasteiger partial charge in [0.05, 0.1) is 10.6 Å². The number of fused-ring (bicyclic) bond motifs is 1. The molecule has 3 N–H and O–H groups in total. The molecule has 0 bridgehead atoms. The molecule has 0 aliphatic carbocycles. The van der Waals surface area contributed by atoms with Crippen molar-refractivity contribution in [2.45, 2.75) is 45.8 Å². The van der Waals surface area contributed by atoms with Crippen molar-refractivity contribution >= 4 is 34.3 Å². The monoisotopic (exact) mass is 438 g/mol. The number of rotatable bonds is 6. The minimum absolute atomic E-state index is 0.140. The average Bonchev–Trinajstić information content (AvgIpc) is 3.10. The fraction of sp³-hybridized carbons (Fsp3) is 0.304. The molecule has 9 nitrogen and oxygen atoms in total. The molecule has 0 unspecified atom stereocenters. The fourth-order valence-corrected chi connectivity index (χ4v) is 3.26. The van der Waals surface area contributed by atoms with E-state index in [9.17, 15) is 19.7 Å². The summed E-state index contributed by atoms with van der Waals surface area (Å²) in [6.45, 7) is 6.92. The van der Waals surface area contributed by atoms with Gasteiger partial charge in [-0.3, -0.25) is 14.9 Å². The number of nitro groups is 1. The minimum atomic E-state index is -0.970. The van der Waals surface area contributed by atoms with E-state index in [2.05, 4.69) is 15.6 Å². The number of benzene rings is 2. The Hall–Kier alpha value is -3.88.